The summed E-state index contributed by atoms with van der Waals surface area (Å²) in [6.45, 7) is 3.69. The summed E-state index contributed by atoms with van der Waals surface area (Å²) < 4.78 is 0. The van der Waals surface area contributed by atoms with Crippen molar-refractivity contribution in [3.05, 3.63) is 11.6 Å². The van der Waals surface area contributed by atoms with Crippen LogP contribution in [-0.4, -0.2) is 18.9 Å². The van der Waals surface area contributed by atoms with Crippen LogP contribution in [0.25, 0.3) is 0 Å². The van der Waals surface area contributed by atoms with Crippen LogP contribution in [0.4, 0.5) is 0 Å². The monoisotopic (exact) mass is 139 g/mol. The fraction of sp³-hybridized carbons (Fsp3) is 0.625. The molecule has 0 aliphatic carbocycles. The maximum absolute atomic E-state index is 11.1. The Balaban J connectivity index is 2.53. The van der Waals surface area contributed by atoms with Crippen LogP contribution in [0, 0.1) is 0 Å². The highest BCUT2D eigenvalue weighted by molar-refractivity contribution is 5.95. The highest BCUT2D eigenvalue weighted by atomic mass is 16.1. The smallest absolute Gasteiger partial charge is 0.159 e. The van der Waals surface area contributed by atoms with E-state index in [9.17, 15) is 4.79 Å². The van der Waals surface area contributed by atoms with Crippen molar-refractivity contribution in [2.45, 2.75) is 19.8 Å². The number of hydrogen-bond donors (Lipinski definition) is 1. The molecule has 0 saturated carbocycles. The van der Waals surface area contributed by atoms with Crippen molar-refractivity contribution < 1.29 is 4.79 Å². The highest BCUT2D eigenvalue weighted by Gasteiger charge is 2.08. The number of hydrogen-bond acceptors (Lipinski definition) is 2. The Morgan fingerprint density at radius 2 is 2.60 bits per heavy atom. The fourth-order valence-corrected chi connectivity index (χ4v) is 1.08. The summed E-state index contributed by atoms with van der Waals surface area (Å²) in [5.74, 6) is 0.284. The van der Waals surface area contributed by atoms with Crippen LogP contribution in [0.1, 0.15) is 19.8 Å². The number of nitrogens with one attached hydrogen (secondary N) is 1. The van der Waals surface area contributed by atoms with Gasteiger partial charge in [0.2, 0.25) is 0 Å². The van der Waals surface area contributed by atoms with Crippen molar-refractivity contribution in [2.75, 3.05) is 13.1 Å². The zero-order chi connectivity index (χ0) is 7.40. The van der Waals surface area contributed by atoms with E-state index < -0.39 is 0 Å². The molecule has 0 saturated heterocycles. The molecular weight excluding hydrogens is 126 g/mol. The van der Waals surface area contributed by atoms with Crippen molar-refractivity contribution >= 4 is 5.78 Å². The van der Waals surface area contributed by atoms with Crippen LogP contribution in [0.2, 0.25) is 0 Å². The van der Waals surface area contributed by atoms with Gasteiger partial charge in [0.1, 0.15) is 0 Å². The molecule has 1 aliphatic heterocycles. The third-order valence-corrected chi connectivity index (χ3v) is 1.71. The predicted octanol–water partition coefficient (Wildman–Crippen LogP) is 0.885. The molecule has 2 nitrogen and oxygen atoms in total. The molecule has 0 amide bonds. The number of rotatable bonds is 2. The first-order chi connectivity index (χ1) is 4.84. The van der Waals surface area contributed by atoms with Gasteiger partial charge in [0, 0.05) is 18.5 Å². The summed E-state index contributed by atoms with van der Waals surface area (Å²) in [6, 6.07) is 0. The summed E-state index contributed by atoms with van der Waals surface area (Å²) in [7, 11) is 0. The number of carbonyl (C=O) groups is 1. The lowest BCUT2D eigenvalue weighted by Gasteiger charge is -2.11. The second-order valence-electron chi connectivity index (χ2n) is 2.47. The van der Waals surface area contributed by atoms with Gasteiger partial charge in [0.25, 0.3) is 0 Å². The molecule has 1 rings (SSSR count). The molecule has 1 N–H and O–H groups in total. The highest BCUT2D eigenvalue weighted by Crippen LogP contribution is 2.03. The maximum atomic E-state index is 11.1. The van der Waals surface area contributed by atoms with Crippen LogP contribution in [0.3, 0.4) is 0 Å². The van der Waals surface area contributed by atoms with E-state index in [0.717, 1.165) is 25.1 Å². The van der Waals surface area contributed by atoms with E-state index in [2.05, 4.69) is 5.32 Å². The molecule has 0 atom stereocenters. The molecule has 0 fully saturated rings. The van der Waals surface area contributed by atoms with Crippen LogP contribution in [-0.2, 0) is 4.79 Å². The lowest BCUT2D eigenvalue weighted by molar-refractivity contribution is -0.115. The standard InChI is InChI=1S/C8H13NO/c1-2-8(10)7-4-3-5-9-6-7/h4,9H,2-3,5-6H2,1H3. The molecule has 0 aromatic carbocycles. The molecule has 1 aliphatic rings. The summed E-state index contributed by atoms with van der Waals surface area (Å²) >= 11 is 0. The van der Waals surface area contributed by atoms with Crippen LogP contribution < -0.4 is 5.32 Å². The van der Waals surface area contributed by atoms with Crippen LogP contribution in [0.5, 0.6) is 0 Å². The third kappa shape index (κ3) is 1.67. The zero-order valence-electron chi connectivity index (χ0n) is 6.31. The topological polar surface area (TPSA) is 29.1 Å². The molecule has 2 heteroatoms. The van der Waals surface area contributed by atoms with E-state index >= 15 is 0 Å². The Morgan fingerprint density at radius 3 is 3.10 bits per heavy atom. The lowest BCUT2D eigenvalue weighted by atomic mass is 10.1. The van der Waals surface area contributed by atoms with Gasteiger partial charge in [-0.3, -0.25) is 4.79 Å². The minimum Gasteiger partial charge on any atom is -0.312 e. The Hall–Kier alpha value is -0.630. The molecule has 0 bridgehead atoms. The average Bonchev–Trinajstić information content (AvgIpc) is 2.05. The molecule has 0 unspecified atom stereocenters. The van der Waals surface area contributed by atoms with Gasteiger partial charge in [-0.1, -0.05) is 13.0 Å². The van der Waals surface area contributed by atoms with Crippen molar-refractivity contribution in [1.82, 2.24) is 5.32 Å². The van der Waals surface area contributed by atoms with E-state index in [1.165, 1.54) is 0 Å². The van der Waals surface area contributed by atoms with Gasteiger partial charge >= 0.3 is 0 Å². The molecule has 0 aromatic heterocycles. The number of ketones is 1. The summed E-state index contributed by atoms with van der Waals surface area (Å²) in [5, 5.41) is 3.16. The van der Waals surface area contributed by atoms with Gasteiger partial charge in [0.15, 0.2) is 5.78 Å². The molecule has 1 heterocycles. The van der Waals surface area contributed by atoms with E-state index in [1.807, 2.05) is 13.0 Å². The van der Waals surface area contributed by atoms with E-state index in [1.54, 1.807) is 0 Å². The quantitative estimate of drug-likeness (QED) is 0.615. The Morgan fingerprint density at radius 1 is 1.80 bits per heavy atom. The first-order valence-electron chi connectivity index (χ1n) is 3.77. The second-order valence-corrected chi connectivity index (χ2v) is 2.47. The van der Waals surface area contributed by atoms with Gasteiger partial charge in [-0.15, -0.1) is 0 Å². The Kier molecular flexibility index (Phi) is 2.63. The largest absolute Gasteiger partial charge is 0.312 e. The molecule has 10 heavy (non-hydrogen) atoms. The SMILES string of the molecule is CCC(=O)C1=CCCNC1. The first-order valence-corrected chi connectivity index (χ1v) is 3.77. The van der Waals surface area contributed by atoms with Gasteiger partial charge < -0.3 is 5.32 Å². The summed E-state index contributed by atoms with van der Waals surface area (Å²) in [5.41, 5.74) is 0.966. The van der Waals surface area contributed by atoms with Gasteiger partial charge in [-0.2, -0.15) is 0 Å². The predicted molar refractivity (Wildman–Crippen MR) is 40.9 cm³/mol. The van der Waals surface area contributed by atoms with Gasteiger partial charge in [0.05, 0.1) is 0 Å². The zero-order valence-corrected chi connectivity index (χ0v) is 6.31. The van der Waals surface area contributed by atoms with Gasteiger partial charge in [-0.25, -0.2) is 0 Å². The second kappa shape index (κ2) is 3.52. The minimum absolute atomic E-state index is 0.284. The van der Waals surface area contributed by atoms with Crippen molar-refractivity contribution in [3.63, 3.8) is 0 Å². The molecule has 0 aromatic rings. The molecule has 56 valence electrons. The van der Waals surface area contributed by atoms with Crippen molar-refractivity contribution in [3.8, 4) is 0 Å². The third-order valence-electron chi connectivity index (χ3n) is 1.71. The van der Waals surface area contributed by atoms with Crippen LogP contribution in [0.15, 0.2) is 11.6 Å². The van der Waals surface area contributed by atoms with E-state index in [4.69, 9.17) is 0 Å². The van der Waals surface area contributed by atoms with Crippen molar-refractivity contribution in [2.24, 2.45) is 0 Å². The number of Topliss-reactive ketones (excluding diaryl/α,β-unsaturated/α-hetero) is 1. The fourth-order valence-electron chi connectivity index (χ4n) is 1.08. The summed E-state index contributed by atoms with van der Waals surface area (Å²) in [4.78, 5) is 11.1. The summed E-state index contributed by atoms with van der Waals surface area (Å²) in [6.07, 6.45) is 3.68. The first kappa shape index (κ1) is 7.48. The molecular formula is C8H13NO. The molecule has 0 radical (unpaired) electrons. The van der Waals surface area contributed by atoms with Gasteiger partial charge in [-0.05, 0) is 13.0 Å². The van der Waals surface area contributed by atoms with Crippen LogP contribution >= 0.6 is 0 Å². The van der Waals surface area contributed by atoms with E-state index in [-0.39, 0.29) is 5.78 Å². The lowest BCUT2D eigenvalue weighted by Crippen LogP contribution is -2.25. The Bertz CT molecular complexity index is 161. The minimum atomic E-state index is 0.284. The maximum Gasteiger partial charge on any atom is 0.159 e. The average molecular weight is 139 g/mol. The van der Waals surface area contributed by atoms with E-state index in [0.29, 0.717) is 6.42 Å². The number of carbonyl (C=O) groups excluding carboxylic acids is 1. The normalized spacial score (nSPS) is 18.3. The van der Waals surface area contributed by atoms with Crippen molar-refractivity contribution in [1.29, 1.82) is 0 Å². The molecule has 0 spiro atoms. The Labute approximate surface area is 61.3 Å².